The van der Waals surface area contributed by atoms with Crippen molar-refractivity contribution in [3.8, 4) is 0 Å². The minimum Gasteiger partial charge on any atom is -0.444 e. The summed E-state index contributed by atoms with van der Waals surface area (Å²) in [6.07, 6.45) is 6.02. The van der Waals surface area contributed by atoms with Gasteiger partial charge in [-0.25, -0.2) is 4.79 Å². The Kier molecular flexibility index (Phi) is 5.57. The number of amides is 1. The van der Waals surface area contributed by atoms with E-state index < -0.39 is 5.60 Å². The first kappa shape index (κ1) is 17.7. The normalized spacial score (nSPS) is 19.9. The second-order valence-corrected chi connectivity index (χ2v) is 7.33. The van der Waals surface area contributed by atoms with Crippen LogP contribution in [0.1, 0.15) is 45.9 Å². The van der Waals surface area contributed by atoms with Crippen molar-refractivity contribution in [3.05, 3.63) is 24.3 Å². The van der Waals surface area contributed by atoms with Gasteiger partial charge in [-0.05, 0) is 47.1 Å². The summed E-state index contributed by atoms with van der Waals surface area (Å²) in [5, 5.41) is 0. The van der Waals surface area contributed by atoms with E-state index in [0.717, 1.165) is 31.7 Å². The van der Waals surface area contributed by atoms with Crippen LogP contribution in [0.2, 0.25) is 0 Å². The number of likely N-dealkylation sites (tertiary alicyclic amines) is 1. The minimum absolute atomic E-state index is 0.204. The van der Waals surface area contributed by atoms with Crippen LogP contribution in [0.5, 0.6) is 0 Å². The maximum atomic E-state index is 12.1. The van der Waals surface area contributed by atoms with E-state index in [2.05, 4.69) is 28.8 Å². The lowest BCUT2D eigenvalue weighted by Crippen LogP contribution is -2.36. The molecule has 1 aromatic rings. The highest BCUT2D eigenvalue weighted by Crippen LogP contribution is 2.23. The van der Waals surface area contributed by atoms with E-state index >= 15 is 0 Å². The average Bonchev–Trinajstić information content (AvgIpc) is 2.94. The zero-order valence-corrected chi connectivity index (χ0v) is 14.8. The second kappa shape index (κ2) is 7.25. The van der Waals surface area contributed by atoms with Crippen molar-refractivity contribution in [2.75, 3.05) is 26.7 Å². The summed E-state index contributed by atoms with van der Waals surface area (Å²) < 4.78 is 5.45. The molecule has 1 aromatic heterocycles. The molecule has 0 radical (unpaired) electrons. The minimum atomic E-state index is -0.438. The van der Waals surface area contributed by atoms with Crippen molar-refractivity contribution in [2.24, 2.45) is 5.92 Å². The first-order chi connectivity index (χ1) is 10.8. The number of carbonyl (C=O) groups is 1. The number of hydrogen-bond acceptors (Lipinski definition) is 5. The summed E-state index contributed by atoms with van der Waals surface area (Å²) >= 11 is 0. The Hall–Kier alpha value is -1.69. The van der Waals surface area contributed by atoms with Crippen LogP contribution in [0.3, 0.4) is 0 Å². The second-order valence-electron chi connectivity index (χ2n) is 7.33. The molecular formula is C17H28N4O2. The smallest absolute Gasteiger partial charge is 0.410 e. The molecule has 2 atom stereocenters. The van der Waals surface area contributed by atoms with Crippen LogP contribution in [0, 0.1) is 5.92 Å². The van der Waals surface area contributed by atoms with Gasteiger partial charge in [0.15, 0.2) is 0 Å². The lowest BCUT2D eigenvalue weighted by Gasteiger charge is -2.27. The van der Waals surface area contributed by atoms with Crippen molar-refractivity contribution in [3.63, 3.8) is 0 Å². The summed E-state index contributed by atoms with van der Waals surface area (Å²) in [5.74, 6) is 0.464. The van der Waals surface area contributed by atoms with Gasteiger partial charge in [0.2, 0.25) is 0 Å². The molecule has 6 heteroatoms. The molecule has 23 heavy (non-hydrogen) atoms. The first-order valence-electron chi connectivity index (χ1n) is 8.20. The molecule has 1 amide bonds. The highest BCUT2D eigenvalue weighted by Gasteiger charge is 2.31. The Bertz CT molecular complexity index is 515. The molecule has 0 spiro atoms. The van der Waals surface area contributed by atoms with Crippen molar-refractivity contribution in [1.29, 1.82) is 0 Å². The SMILES string of the molecule is C[C@@H](c1cnccn1)N(C)C[C@H]1CCN(C(=O)OC(C)(C)C)C1. The van der Waals surface area contributed by atoms with Gasteiger partial charge < -0.3 is 9.64 Å². The molecular weight excluding hydrogens is 292 g/mol. The van der Waals surface area contributed by atoms with Crippen molar-refractivity contribution >= 4 is 6.09 Å². The number of hydrogen-bond donors (Lipinski definition) is 0. The van der Waals surface area contributed by atoms with Crippen LogP contribution >= 0.6 is 0 Å². The third kappa shape index (κ3) is 5.16. The van der Waals surface area contributed by atoms with Crippen molar-refractivity contribution in [2.45, 2.75) is 45.8 Å². The molecule has 1 saturated heterocycles. The molecule has 0 saturated carbocycles. The Morgan fingerprint density at radius 1 is 1.48 bits per heavy atom. The molecule has 0 N–H and O–H groups in total. The van der Waals surface area contributed by atoms with Crippen LogP contribution < -0.4 is 0 Å². The summed E-state index contributed by atoms with van der Waals surface area (Å²) in [6, 6.07) is 0.208. The third-order valence-electron chi connectivity index (χ3n) is 4.16. The van der Waals surface area contributed by atoms with Gasteiger partial charge in [0, 0.05) is 38.2 Å². The predicted octanol–water partition coefficient (Wildman–Crippen LogP) is 2.73. The third-order valence-corrected chi connectivity index (χ3v) is 4.16. The topological polar surface area (TPSA) is 58.6 Å². The van der Waals surface area contributed by atoms with E-state index in [0.29, 0.717) is 5.92 Å². The predicted molar refractivity (Wildman–Crippen MR) is 89.0 cm³/mol. The van der Waals surface area contributed by atoms with Gasteiger partial charge in [-0.1, -0.05) is 0 Å². The number of ether oxygens (including phenoxy) is 1. The monoisotopic (exact) mass is 320 g/mol. The van der Waals surface area contributed by atoms with E-state index in [-0.39, 0.29) is 12.1 Å². The molecule has 0 bridgehead atoms. The number of aromatic nitrogens is 2. The van der Waals surface area contributed by atoms with Gasteiger partial charge in [-0.2, -0.15) is 0 Å². The standard InChI is InChI=1S/C17H28N4O2/c1-13(15-10-18-7-8-19-15)20(5)11-14-6-9-21(12-14)16(22)23-17(2,3)4/h7-8,10,13-14H,6,9,11-12H2,1-5H3/t13-,14+/m0/s1. The van der Waals surface area contributed by atoms with Crippen LogP contribution in [0.15, 0.2) is 18.6 Å². The molecule has 2 heterocycles. The molecule has 2 rings (SSSR count). The van der Waals surface area contributed by atoms with E-state index in [9.17, 15) is 4.79 Å². The fourth-order valence-electron chi connectivity index (χ4n) is 2.79. The molecule has 1 fully saturated rings. The number of rotatable bonds is 4. The summed E-state index contributed by atoms with van der Waals surface area (Å²) in [4.78, 5) is 24.7. The van der Waals surface area contributed by atoms with Gasteiger partial charge in [0.1, 0.15) is 5.60 Å². The van der Waals surface area contributed by atoms with E-state index in [4.69, 9.17) is 4.74 Å². The number of carbonyl (C=O) groups excluding carboxylic acids is 1. The lowest BCUT2D eigenvalue weighted by atomic mass is 10.1. The van der Waals surface area contributed by atoms with E-state index in [1.165, 1.54) is 0 Å². The molecule has 6 nitrogen and oxygen atoms in total. The lowest BCUT2D eigenvalue weighted by molar-refractivity contribution is 0.0285. The van der Waals surface area contributed by atoms with Gasteiger partial charge >= 0.3 is 6.09 Å². The van der Waals surface area contributed by atoms with Gasteiger partial charge in [-0.3, -0.25) is 14.9 Å². The quantitative estimate of drug-likeness (QED) is 0.854. The molecule has 0 unspecified atom stereocenters. The summed E-state index contributed by atoms with van der Waals surface area (Å²) in [6.45, 7) is 10.3. The Balaban J connectivity index is 1.84. The fraction of sp³-hybridized carbons (Fsp3) is 0.706. The Morgan fingerprint density at radius 2 is 2.22 bits per heavy atom. The first-order valence-corrected chi connectivity index (χ1v) is 8.20. The van der Waals surface area contributed by atoms with Crippen LogP contribution in [-0.4, -0.2) is 58.1 Å². The Morgan fingerprint density at radius 3 is 2.83 bits per heavy atom. The average molecular weight is 320 g/mol. The molecule has 128 valence electrons. The van der Waals surface area contributed by atoms with Crippen LogP contribution in [0.25, 0.3) is 0 Å². The molecule has 1 aliphatic rings. The Labute approximate surface area is 138 Å². The van der Waals surface area contributed by atoms with Crippen molar-refractivity contribution < 1.29 is 9.53 Å². The van der Waals surface area contributed by atoms with Gasteiger partial charge in [0.05, 0.1) is 11.7 Å². The maximum absolute atomic E-state index is 12.1. The van der Waals surface area contributed by atoms with E-state index in [1.54, 1.807) is 12.4 Å². The van der Waals surface area contributed by atoms with Crippen LogP contribution in [-0.2, 0) is 4.74 Å². The summed E-state index contributed by atoms with van der Waals surface area (Å²) in [5.41, 5.74) is 0.531. The van der Waals surface area contributed by atoms with E-state index in [1.807, 2.05) is 31.9 Å². The molecule has 1 aliphatic heterocycles. The zero-order valence-electron chi connectivity index (χ0n) is 14.8. The number of nitrogens with zero attached hydrogens (tertiary/aromatic N) is 4. The zero-order chi connectivity index (χ0) is 17.0. The van der Waals surface area contributed by atoms with Gasteiger partial charge in [-0.15, -0.1) is 0 Å². The highest BCUT2D eigenvalue weighted by molar-refractivity contribution is 5.68. The van der Waals surface area contributed by atoms with Crippen molar-refractivity contribution in [1.82, 2.24) is 19.8 Å². The van der Waals surface area contributed by atoms with Crippen LogP contribution in [0.4, 0.5) is 4.79 Å². The van der Waals surface area contributed by atoms with Gasteiger partial charge in [0.25, 0.3) is 0 Å². The maximum Gasteiger partial charge on any atom is 0.410 e. The molecule has 0 aromatic carbocycles. The highest BCUT2D eigenvalue weighted by atomic mass is 16.6. The molecule has 0 aliphatic carbocycles. The summed E-state index contributed by atoms with van der Waals surface area (Å²) in [7, 11) is 2.09. The largest absolute Gasteiger partial charge is 0.444 e. The fourth-order valence-corrected chi connectivity index (χ4v) is 2.79.